The standard InChI is InChI=1S/C22H23N5O2/c1-4-29-17-11-9-16(10-12-17)20-19(15(3)25-22-23-13-24-27(20)22)21(28)26-18-8-6-5-7-14(18)2/h5-13,20H,4H2,1-3H3,(H,26,28)(H,23,24,25). The Morgan fingerprint density at radius 3 is 2.66 bits per heavy atom. The van der Waals surface area contributed by atoms with Crippen LogP contribution in [-0.4, -0.2) is 27.3 Å². The van der Waals surface area contributed by atoms with Crippen molar-refractivity contribution in [1.82, 2.24) is 14.8 Å². The van der Waals surface area contributed by atoms with Gasteiger partial charge in [0.15, 0.2) is 0 Å². The van der Waals surface area contributed by atoms with Crippen LogP contribution in [0.5, 0.6) is 5.75 Å². The van der Waals surface area contributed by atoms with E-state index in [2.05, 4.69) is 20.7 Å². The molecule has 0 fully saturated rings. The SMILES string of the molecule is CCOc1ccc(C2C(C(=O)Nc3ccccc3C)=C(C)Nc3ncnn32)cc1. The van der Waals surface area contributed by atoms with Gasteiger partial charge < -0.3 is 15.4 Å². The van der Waals surface area contributed by atoms with Gasteiger partial charge in [-0.3, -0.25) is 4.79 Å². The van der Waals surface area contributed by atoms with Gasteiger partial charge in [-0.1, -0.05) is 30.3 Å². The molecule has 2 N–H and O–H groups in total. The lowest BCUT2D eigenvalue weighted by Gasteiger charge is -2.29. The minimum absolute atomic E-state index is 0.177. The first kappa shape index (κ1) is 18.7. The number of rotatable bonds is 5. The van der Waals surface area contributed by atoms with Crippen LogP contribution in [0.15, 0.2) is 66.1 Å². The molecule has 1 aliphatic heterocycles. The maximum Gasteiger partial charge on any atom is 0.255 e. The van der Waals surface area contributed by atoms with Gasteiger partial charge >= 0.3 is 0 Å². The van der Waals surface area contributed by atoms with E-state index in [4.69, 9.17) is 4.74 Å². The van der Waals surface area contributed by atoms with Gasteiger partial charge in [-0.2, -0.15) is 10.1 Å². The van der Waals surface area contributed by atoms with Crippen molar-refractivity contribution in [2.45, 2.75) is 26.8 Å². The summed E-state index contributed by atoms with van der Waals surface area (Å²) in [7, 11) is 0. The van der Waals surface area contributed by atoms with Gasteiger partial charge in [-0.25, -0.2) is 4.68 Å². The summed E-state index contributed by atoms with van der Waals surface area (Å²) in [5.41, 5.74) is 4.05. The molecule has 0 aliphatic carbocycles. The summed E-state index contributed by atoms with van der Waals surface area (Å²) in [5, 5.41) is 10.6. The Hall–Kier alpha value is -3.61. The molecule has 1 atom stereocenters. The van der Waals surface area contributed by atoms with Crippen molar-refractivity contribution in [3.63, 3.8) is 0 Å². The molecule has 148 valence electrons. The van der Waals surface area contributed by atoms with E-state index in [9.17, 15) is 4.79 Å². The largest absolute Gasteiger partial charge is 0.494 e. The second-order valence-corrected chi connectivity index (χ2v) is 6.87. The van der Waals surface area contributed by atoms with Crippen molar-refractivity contribution in [1.29, 1.82) is 0 Å². The zero-order chi connectivity index (χ0) is 20.4. The molecule has 4 rings (SSSR count). The second kappa shape index (κ2) is 7.79. The molecule has 1 amide bonds. The Morgan fingerprint density at radius 2 is 1.93 bits per heavy atom. The van der Waals surface area contributed by atoms with Crippen LogP contribution < -0.4 is 15.4 Å². The molecule has 29 heavy (non-hydrogen) atoms. The summed E-state index contributed by atoms with van der Waals surface area (Å²) in [6.45, 7) is 6.40. The Bertz CT molecular complexity index is 1070. The van der Waals surface area contributed by atoms with Crippen molar-refractivity contribution < 1.29 is 9.53 Å². The number of ether oxygens (including phenoxy) is 1. The molecule has 1 aliphatic rings. The second-order valence-electron chi connectivity index (χ2n) is 6.87. The monoisotopic (exact) mass is 389 g/mol. The van der Waals surface area contributed by atoms with E-state index < -0.39 is 6.04 Å². The number of fused-ring (bicyclic) bond motifs is 1. The summed E-state index contributed by atoms with van der Waals surface area (Å²) < 4.78 is 7.28. The van der Waals surface area contributed by atoms with Crippen molar-refractivity contribution >= 4 is 17.5 Å². The maximum atomic E-state index is 13.3. The summed E-state index contributed by atoms with van der Waals surface area (Å²) in [6.07, 6.45) is 1.49. The van der Waals surface area contributed by atoms with Gasteiger partial charge in [-0.15, -0.1) is 0 Å². The molecule has 3 aromatic rings. The third-order valence-electron chi connectivity index (χ3n) is 4.94. The van der Waals surface area contributed by atoms with Gasteiger partial charge in [0.2, 0.25) is 5.95 Å². The zero-order valence-corrected chi connectivity index (χ0v) is 16.6. The molecule has 2 aromatic carbocycles. The fourth-order valence-electron chi connectivity index (χ4n) is 3.51. The number of carbonyl (C=O) groups excluding carboxylic acids is 1. The van der Waals surface area contributed by atoms with Crippen LogP contribution in [0.3, 0.4) is 0 Å². The van der Waals surface area contributed by atoms with Crippen molar-refractivity contribution in [2.24, 2.45) is 0 Å². The average Bonchev–Trinajstić information content (AvgIpc) is 3.17. The number of allylic oxidation sites excluding steroid dienone is 1. The van der Waals surface area contributed by atoms with E-state index in [1.807, 2.05) is 69.3 Å². The molecule has 0 saturated heterocycles. The first-order valence-electron chi connectivity index (χ1n) is 9.55. The molecular weight excluding hydrogens is 366 g/mol. The molecule has 7 nitrogen and oxygen atoms in total. The number of hydrogen-bond acceptors (Lipinski definition) is 5. The highest BCUT2D eigenvalue weighted by molar-refractivity contribution is 6.06. The van der Waals surface area contributed by atoms with Crippen LogP contribution in [0.25, 0.3) is 0 Å². The predicted octanol–water partition coefficient (Wildman–Crippen LogP) is 3.91. The lowest BCUT2D eigenvalue weighted by molar-refractivity contribution is -0.113. The number of nitrogens with one attached hydrogen (secondary N) is 2. The molecular formula is C22H23N5O2. The highest BCUT2D eigenvalue weighted by Crippen LogP contribution is 2.35. The molecule has 2 heterocycles. The fraction of sp³-hybridized carbons (Fsp3) is 0.227. The highest BCUT2D eigenvalue weighted by Gasteiger charge is 2.33. The van der Waals surface area contributed by atoms with E-state index in [0.29, 0.717) is 18.1 Å². The van der Waals surface area contributed by atoms with Gasteiger partial charge in [-0.05, 0) is 50.1 Å². The van der Waals surface area contributed by atoms with E-state index in [0.717, 1.165) is 28.3 Å². The van der Waals surface area contributed by atoms with Gasteiger partial charge in [0, 0.05) is 11.4 Å². The number of carbonyl (C=O) groups is 1. The molecule has 0 bridgehead atoms. The van der Waals surface area contributed by atoms with Crippen molar-refractivity contribution in [2.75, 3.05) is 17.2 Å². The molecule has 0 radical (unpaired) electrons. The van der Waals surface area contributed by atoms with Crippen molar-refractivity contribution in [3.8, 4) is 5.75 Å². The van der Waals surface area contributed by atoms with E-state index in [1.54, 1.807) is 4.68 Å². The molecule has 0 spiro atoms. The Balaban J connectivity index is 1.73. The quantitative estimate of drug-likeness (QED) is 0.691. The van der Waals surface area contributed by atoms with E-state index in [-0.39, 0.29) is 5.91 Å². The van der Waals surface area contributed by atoms with Crippen LogP contribution in [-0.2, 0) is 4.79 Å². The number of benzene rings is 2. The number of anilines is 2. The van der Waals surface area contributed by atoms with Crippen LogP contribution in [0.4, 0.5) is 11.6 Å². The number of amides is 1. The van der Waals surface area contributed by atoms with Crippen LogP contribution >= 0.6 is 0 Å². The van der Waals surface area contributed by atoms with Crippen LogP contribution in [0.2, 0.25) is 0 Å². The lowest BCUT2D eigenvalue weighted by Crippen LogP contribution is -2.31. The summed E-state index contributed by atoms with van der Waals surface area (Å²) in [6, 6.07) is 15.1. The van der Waals surface area contributed by atoms with Crippen LogP contribution in [0, 0.1) is 6.92 Å². The van der Waals surface area contributed by atoms with Crippen LogP contribution in [0.1, 0.15) is 31.0 Å². The van der Waals surface area contributed by atoms with E-state index >= 15 is 0 Å². The number of aromatic nitrogens is 3. The number of hydrogen-bond donors (Lipinski definition) is 2. The minimum Gasteiger partial charge on any atom is -0.494 e. The molecule has 0 saturated carbocycles. The third-order valence-corrected chi connectivity index (χ3v) is 4.94. The highest BCUT2D eigenvalue weighted by atomic mass is 16.5. The Morgan fingerprint density at radius 1 is 1.17 bits per heavy atom. The minimum atomic E-state index is -0.395. The van der Waals surface area contributed by atoms with Gasteiger partial charge in [0.05, 0.1) is 12.2 Å². The predicted molar refractivity (Wildman–Crippen MR) is 112 cm³/mol. The molecule has 1 unspecified atom stereocenters. The summed E-state index contributed by atoms with van der Waals surface area (Å²) in [5.74, 6) is 1.22. The first-order valence-corrected chi connectivity index (χ1v) is 9.55. The first-order chi connectivity index (χ1) is 14.1. The van der Waals surface area contributed by atoms with E-state index in [1.165, 1.54) is 6.33 Å². The Labute approximate surface area is 169 Å². The average molecular weight is 389 g/mol. The van der Waals surface area contributed by atoms with Gasteiger partial charge in [0.25, 0.3) is 5.91 Å². The number of para-hydroxylation sites is 1. The molecule has 7 heteroatoms. The smallest absolute Gasteiger partial charge is 0.255 e. The molecule has 1 aromatic heterocycles. The Kier molecular flexibility index (Phi) is 5.03. The summed E-state index contributed by atoms with van der Waals surface area (Å²) >= 11 is 0. The van der Waals surface area contributed by atoms with Gasteiger partial charge in [0.1, 0.15) is 18.1 Å². The fourth-order valence-corrected chi connectivity index (χ4v) is 3.51. The van der Waals surface area contributed by atoms with Crippen molar-refractivity contribution in [3.05, 3.63) is 77.3 Å². The maximum absolute atomic E-state index is 13.3. The normalized spacial score (nSPS) is 15.5. The number of nitrogens with zero attached hydrogens (tertiary/aromatic N) is 3. The summed E-state index contributed by atoms with van der Waals surface area (Å²) in [4.78, 5) is 17.6. The third kappa shape index (κ3) is 3.59. The topological polar surface area (TPSA) is 81.1 Å². The zero-order valence-electron chi connectivity index (χ0n) is 16.6. The number of aryl methyl sites for hydroxylation is 1. The lowest BCUT2D eigenvalue weighted by atomic mass is 9.95.